The summed E-state index contributed by atoms with van der Waals surface area (Å²) in [5.74, 6) is 5.87. The number of fused-ring (bicyclic) bond motifs is 1. The van der Waals surface area contributed by atoms with Crippen LogP contribution in [-0.4, -0.2) is 62.8 Å². The van der Waals surface area contributed by atoms with E-state index in [1.165, 1.54) is 17.8 Å². The number of carbonyl (C=O) groups is 1. The van der Waals surface area contributed by atoms with Gasteiger partial charge in [0.25, 0.3) is 5.91 Å². The van der Waals surface area contributed by atoms with Gasteiger partial charge in [-0.05, 0) is 18.1 Å². The van der Waals surface area contributed by atoms with E-state index in [2.05, 4.69) is 27.2 Å². The largest absolute Gasteiger partial charge is 0.488 e. The molecule has 10 nitrogen and oxygen atoms in total. The van der Waals surface area contributed by atoms with Crippen LogP contribution in [0.3, 0.4) is 0 Å². The first-order chi connectivity index (χ1) is 16.9. The number of carbonyl (C=O) groups excluding carboxylic acids is 1. The van der Waals surface area contributed by atoms with E-state index in [-0.39, 0.29) is 6.61 Å². The van der Waals surface area contributed by atoms with Crippen LogP contribution in [0.15, 0.2) is 47.7 Å². The van der Waals surface area contributed by atoms with Crippen molar-refractivity contribution in [1.82, 2.24) is 24.4 Å². The normalized spacial score (nSPS) is 15.2. The van der Waals surface area contributed by atoms with Crippen molar-refractivity contribution in [2.24, 2.45) is 5.41 Å². The highest BCUT2D eigenvalue weighted by molar-refractivity contribution is 6.30. The zero-order chi connectivity index (χ0) is 25.0. The standard InChI is InChI=1S/C24H25ClN6O4/c1-24(14-32,15-34-2)13-30-12-19(21(29-30)17-10-16(25)6-4-7-20(17)35-3)28-23(33)18-11-27-31-9-5-8-26-22(18)31/h5,8-12,32H,6,13-15H2,1-3H3,(H,28,33). The van der Waals surface area contributed by atoms with Crippen molar-refractivity contribution in [3.8, 4) is 11.8 Å². The van der Waals surface area contributed by atoms with Crippen molar-refractivity contribution in [3.05, 3.63) is 59.0 Å². The number of anilines is 1. The summed E-state index contributed by atoms with van der Waals surface area (Å²) < 4.78 is 14.0. The van der Waals surface area contributed by atoms with Crippen LogP contribution in [0.1, 0.15) is 29.4 Å². The zero-order valence-corrected chi connectivity index (χ0v) is 20.3. The minimum absolute atomic E-state index is 0.116. The summed E-state index contributed by atoms with van der Waals surface area (Å²) >= 11 is 6.35. The van der Waals surface area contributed by atoms with E-state index in [1.807, 2.05) is 6.92 Å². The van der Waals surface area contributed by atoms with Gasteiger partial charge in [-0.3, -0.25) is 9.48 Å². The molecule has 1 aliphatic rings. The van der Waals surface area contributed by atoms with Crippen LogP contribution in [0.5, 0.6) is 0 Å². The van der Waals surface area contributed by atoms with Crippen molar-refractivity contribution >= 4 is 34.4 Å². The fraction of sp³-hybridized carbons (Fsp3) is 0.333. The molecule has 0 aromatic carbocycles. The lowest BCUT2D eigenvalue weighted by atomic mass is 9.93. The van der Waals surface area contributed by atoms with E-state index >= 15 is 0 Å². The van der Waals surface area contributed by atoms with Crippen LogP contribution < -0.4 is 5.32 Å². The average molecular weight is 497 g/mol. The first-order valence-corrected chi connectivity index (χ1v) is 11.2. The molecule has 3 aromatic heterocycles. The number of halogens is 1. The van der Waals surface area contributed by atoms with Crippen LogP contribution >= 0.6 is 11.6 Å². The number of nitrogens with zero attached hydrogens (tertiary/aromatic N) is 5. The summed E-state index contributed by atoms with van der Waals surface area (Å²) in [4.78, 5) is 17.5. The van der Waals surface area contributed by atoms with Crippen LogP contribution in [0.2, 0.25) is 0 Å². The highest BCUT2D eigenvalue weighted by Gasteiger charge is 2.27. The number of hydrogen-bond acceptors (Lipinski definition) is 7. The molecule has 0 saturated heterocycles. The Labute approximate surface area is 207 Å². The molecule has 3 aromatic rings. The Kier molecular flexibility index (Phi) is 7.21. The van der Waals surface area contributed by atoms with E-state index in [9.17, 15) is 9.90 Å². The molecule has 0 fully saturated rings. The van der Waals surface area contributed by atoms with Gasteiger partial charge in [0.2, 0.25) is 0 Å². The molecule has 11 heteroatoms. The lowest BCUT2D eigenvalue weighted by Crippen LogP contribution is -2.32. The molecule has 1 aliphatic carbocycles. The van der Waals surface area contributed by atoms with Gasteiger partial charge in [-0.15, -0.1) is 0 Å². The zero-order valence-electron chi connectivity index (χ0n) is 19.6. The molecule has 3 heterocycles. The molecule has 2 N–H and O–H groups in total. The van der Waals surface area contributed by atoms with E-state index < -0.39 is 11.3 Å². The number of amides is 1. The number of aliphatic hydroxyl groups excluding tert-OH is 1. The molecule has 35 heavy (non-hydrogen) atoms. The molecule has 4 rings (SSSR count). The molecule has 0 bridgehead atoms. The number of aliphatic hydroxyl groups is 1. The molecular formula is C24H25ClN6O4. The summed E-state index contributed by atoms with van der Waals surface area (Å²) in [6.45, 7) is 2.42. The molecule has 182 valence electrons. The number of aromatic nitrogens is 5. The highest BCUT2D eigenvalue weighted by atomic mass is 35.5. The Balaban J connectivity index is 1.78. The second-order valence-electron chi connectivity index (χ2n) is 8.41. The predicted octanol–water partition coefficient (Wildman–Crippen LogP) is 2.71. The maximum Gasteiger partial charge on any atom is 0.261 e. The SMILES string of the molecule is COCC(C)(CO)Cn1cc(NC(=O)c2cnn3cccnc23)c(C2=C(OC)C#CCC(Cl)=C2)n1. The predicted molar refractivity (Wildman–Crippen MR) is 130 cm³/mol. The van der Waals surface area contributed by atoms with Gasteiger partial charge in [-0.25, -0.2) is 9.50 Å². The second kappa shape index (κ2) is 10.3. The fourth-order valence-corrected chi connectivity index (χ4v) is 3.91. The number of nitrogens with one attached hydrogen (secondary N) is 1. The Bertz CT molecular complexity index is 1380. The van der Waals surface area contributed by atoms with Gasteiger partial charge in [-0.2, -0.15) is 10.2 Å². The molecule has 1 amide bonds. The van der Waals surface area contributed by atoms with Crippen LogP contribution in [0, 0.1) is 17.3 Å². The summed E-state index contributed by atoms with van der Waals surface area (Å²) in [5.41, 5.74) is 1.50. The summed E-state index contributed by atoms with van der Waals surface area (Å²) in [6, 6.07) is 1.73. The number of ether oxygens (including phenoxy) is 2. The lowest BCUT2D eigenvalue weighted by Gasteiger charge is -2.26. The molecule has 0 spiro atoms. The third-order valence-corrected chi connectivity index (χ3v) is 5.66. The maximum absolute atomic E-state index is 13.2. The van der Waals surface area contributed by atoms with Gasteiger partial charge < -0.3 is 19.9 Å². The summed E-state index contributed by atoms with van der Waals surface area (Å²) in [5, 5.41) is 22.3. The summed E-state index contributed by atoms with van der Waals surface area (Å²) in [7, 11) is 3.09. The number of methoxy groups -OCH3 is 2. The van der Waals surface area contributed by atoms with E-state index in [0.29, 0.717) is 58.5 Å². The van der Waals surface area contributed by atoms with Crippen LogP contribution in [-0.2, 0) is 16.0 Å². The Hall–Kier alpha value is -3.65. The second-order valence-corrected chi connectivity index (χ2v) is 8.89. The van der Waals surface area contributed by atoms with E-state index in [0.717, 1.165) is 0 Å². The first kappa shape index (κ1) is 24.5. The van der Waals surface area contributed by atoms with Crippen LogP contribution in [0.4, 0.5) is 5.69 Å². The van der Waals surface area contributed by atoms with E-state index in [1.54, 1.807) is 42.5 Å². The van der Waals surface area contributed by atoms with Gasteiger partial charge in [0.15, 0.2) is 11.4 Å². The molecule has 0 aliphatic heterocycles. The van der Waals surface area contributed by atoms with Gasteiger partial charge in [0.1, 0.15) is 11.3 Å². The quantitative estimate of drug-likeness (QED) is 0.437. The van der Waals surface area contributed by atoms with Gasteiger partial charge in [0.05, 0.1) is 44.3 Å². The van der Waals surface area contributed by atoms with Gasteiger partial charge in [-0.1, -0.05) is 24.4 Å². The summed E-state index contributed by atoms with van der Waals surface area (Å²) in [6.07, 6.45) is 8.53. The Morgan fingerprint density at radius 1 is 1.40 bits per heavy atom. The topological polar surface area (TPSA) is 116 Å². The van der Waals surface area contributed by atoms with Crippen molar-refractivity contribution in [2.75, 3.05) is 32.8 Å². The smallest absolute Gasteiger partial charge is 0.261 e. The fourth-order valence-electron chi connectivity index (χ4n) is 3.74. The number of allylic oxidation sites excluding steroid dienone is 4. The number of rotatable bonds is 9. The minimum atomic E-state index is -0.596. The molecule has 1 unspecified atom stereocenters. The van der Waals surface area contributed by atoms with Gasteiger partial charge in [0, 0.05) is 42.6 Å². The van der Waals surface area contributed by atoms with E-state index in [4.69, 9.17) is 26.2 Å². The monoisotopic (exact) mass is 496 g/mol. The third kappa shape index (κ3) is 5.22. The molecule has 0 radical (unpaired) electrons. The minimum Gasteiger partial charge on any atom is -0.488 e. The van der Waals surface area contributed by atoms with Crippen molar-refractivity contribution in [2.45, 2.75) is 19.9 Å². The van der Waals surface area contributed by atoms with Gasteiger partial charge >= 0.3 is 0 Å². The maximum atomic E-state index is 13.2. The van der Waals surface area contributed by atoms with Crippen molar-refractivity contribution < 1.29 is 19.4 Å². The third-order valence-electron chi connectivity index (χ3n) is 5.42. The molecule has 1 atom stereocenters. The Morgan fingerprint density at radius 2 is 2.23 bits per heavy atom. The number of hydrogen-bond donors (Lipinski definition) is 2. The lowest BCUT2D eigenvalue weighted by molar-refractivity contribution is 0.0278. The van der Waals surface area contributed by atoms with Crippen molar-refractivity contribution in [1.29, 1.82) is 0 Å². The molecule has 0 saturated carbocycles. The Morgan fingerprint density at radius 3 is 2.97 bits per heavy atom. The first-order valence-electron chi connectivity index (χ1n) is 10.8. The van der Waals surface area contributed by atoms with Crippen molar-refractivity contribution in [3.63, 3.8) is 0 Å². The molecular weight excluding hydrogens is 472 g/mol. The van der Waals surface area contributed by atoms with Crippen LogP contribution in [0.25, 0.3) is 11.2 Å². The average Bonchev–Trinajstić information content (AvgIpc) is 3.39. The highest BCUT2D eigenvalue weighted by Crippen LogP contribution is 2.32.